The van der Waals surface area contributed by atoms with Crippen LogP contribution in [0.2, 0.25) is 0 Å². The Kier molecular flexibility index (Phi) is 4.87. The van der Waals surface area contributed by atoms with Crippen molar-refractivity contribution in [2.75, 3.05) is 19.7 Å². The van der Waals surface area contributed by atoms with Crippen LogP contribution in [0.4, 0.5) is 0 Å². The number of nitrogens with zero attached hydrogens (tertiary/aromatic N) is 5. The number of benzene rings is 2. The maximum absolute atomic E-state index is 5.95. The van der Waals surface area contributed by atoms with E-state index in [1.807, 2.05) is 42.5 Å². The van der Waals surface area contributed by atoms with E-state index in [-0.39, 0.29) is 6.10 Å². The fourth-order valence-electron chi connectivity index (χ4n) is 3.00. The minimum absolute atomic E-state index is 0.0721. The van der Waals surface area contributed by atoms with Gasteiger partial charge in [0.1, 0.15) is 0 Å². The first kappa shape index (κ1) is 16.4. The van der Waals surface area contributed by atoms with Crippen LogP contribution in [-0.4, -0.2) is 44.8 Å². The van der Waals surface area contributed by atoms with Gasteiger partial charge in [0.05, 0.1) is 24.9 Å². The minimum Gasteiger partial charge on any atom is -0.371 e. The lowest BCUT2D eigenvalue weighted by molar-refractivity contribution is -0.0338. The molecule has 0 radical (unpaired) electrons. The van der Waals surface area contributed by atoms with E-state index in [4.69, 9.17) is 4.74 Å². The molecule has 0 bridgehead atoms. The van der Waals surface area contributed by atoms with Gasteiger partial charge in [-0.3, -0.25) is 4.90 Å². The Bertz CT molecular complexity index is 821. The highest BCUT2D eigenvalue weighted by atomic mass is 79.9. The first-order valence-electron chi connectivity index (χ1n) is 8.22. The smallest absolute Gasteiger partial charge is 0.170 e. The summed E-state index contributed by atoms with van der Waals surface area (Å²) in [4.78, 5) is 2.33. The maximum Gasteiger partial charge on any atom is 0.170 e. The monoisotopic (exact) mass is 399 g/mol. The summed E-state index contributed by atoms with van der Waals surface area (Å²) in [7, 11) is 0. The van der Waals surface area contributed by atoms with Gasteiger partial charge in [-0.25, -0.2) is 0 Å². The lowest BCUT2D eigenvalue weighted by Crippen LogP contribution is -2.38. The van der Waals surface area contributed by atoms with Gasteiger partial charge in [-0.2, -0.15) is 4.68 Å². The van der Waals surface area contributed by atoms with Gasteiger partial charge < -0.3 is 4.74 Å². The number of rotatable bonds is 4. The molecule has 128 valence electrons. The molecule has 7 heteroatoms. The number of para-hydroxylation sites is 1. The van der Waals surface area contributed by atoms with Gasteiger partial charge in [0.15, 0.2) is 5.82 Å². The Morgan fingerprint density at radius 2 is 1.88 bits per heavy atom. The Balaban J connectivity index is 1.48. The summed E-state index contributed by atoms with van der Waals surface area (Å²) in [5, 5.41) is 12.2. The minimum atomic E-state index is 0.0721. The van der Waals surface area contributed by atoms with Crippen molar-refractivity contribution in [1.82, 2.24) is 25.1 Å². The number of hydrogen-bond acceptors (Lipinski definition) is 5. The molecule has 1 aliphatic heterocycles. The van der Waals surface area contributed by atoms with Gasteiger partial charge in [-0.15, -0.1) is 5.10 Å². The van der Waals surface area contributed by atoms with Gasteiger partial charge >= 0.3 is 0 Å². The average molecular weight is 400 g/mol. The van der Waals surface area contributed by atoms with Crippen molar-refractivity contribution in [3.8, 4) is 5.69 Å². The fraction of sp³-hybridized carbons (Fsp3) is 0.278. The third-order valence-electron chi connectivity index (χ3n) is 4.29. The highest BCUT2D eigenvalue weighted by Crippen LogP contribution is 2.24. The normalized spacial score (nSPS) is 18.4. The molecule has 1 saturated heterocycles. The summed E-state index contributed by atoms with van der Waals surface area (Å²) in [5.41, 5.74) is 2.16. The van der Waals surface area contributed by atoms with Crippen molar-refractivity contribution in [3.05, 3.63) is 70.5 Å². The van der Waals surface area contributed by atoms with Crippen molar-refractivity contribution < 1.29 is 4.74 Å². The summed E-state index contributed by atoms with van der Waals surface area (Å²) in [6.07, 6.45) is 0.0721. The van der Waals surface area contributed by atoms with Crippen LogP contribution in [0.25, 0.3) is 5.69 Å². The molecule has 1 aromatic heterocycles. The second-order valence-electron chi connectivity index (χ2n) is 5.99. The molecule has 0 aliphatic carbocycles. The predicted octanol–water partition coefficient (Wildman–Crippen LogP) is 3.00. The third kappa shape index (κ3) is 3.78. The standard InChI is InChI=1S/C18H18BrN5O/c19-15-8-6-14(7-9-15)17-12-23(10-11-25-17)13-18-20-21-22-24(18)16-4-2-1-3-5-16/h1-9,17H,10-13H2. The highest BCUT2D eigenvalue weighted by molar-refractivity contribution is 9.10. The molecule has 2 aromatic carbocycles. The zero-order chi connectivity index (χ0) is 17.1. The zero-order valence-corrected chi connectivity index (χ0v) is 15.2. The molecular weight excluding hydrogens is 382 g/mol. The third-order valence-corrected chi connectivity index (χ3v) is 4.82. The highest BCUT2D eigenvalue weighted by Gasteiger charge is 2.23. The van der Waals surface area contributed by atoms with Crippen LogP contribution >= 0.6 is 15.9 Å². The summed E-state index contributed by atoms with van der Waals surface area (Å²) < 4.78 is 8.82. The Hall–Kier alpha value is -2.09. The molecular formula is C18H18BrN5O. The van der Waals surface area contributed by atoms with Crippen molar-refractivity contribution in [1.29, 1.82) is 0 Å². The summed E-state index contributed by atoms with van der Waals surface area (Å²) in [6, 6.07) is 18.3. The van der Waals surface area contributed by atoms with E-state index >= 15 is 0 Å². The molecule has 0 spiro atoms. The van der Waals surface area contributed by atoms with E-state index in [9.17, 15) is 0 Å². The Morgan fingerprint density at radius 1 is 1.08 bits per heavy atom. The first-order valence-corrected chi connectivity index (χ1v) is 9.01. The van der Waals surface area contributed by atoms with Crippen LogP contribution in [0.15, 0.2) is 59.1 Å². The van der Waals surface area contributed by atoms with Crippen molar-refractivity contribution >= 4 is 15.9 Å². The van der Waals surface area contributed by atoms with Crippen molar-refractivity contribution in [3.63, 3.8) is 0 Å². The molecule has 4 rings (SSSR count). The van der Waals surface area contributed by atoms with E-state index < -0.39 is 0 Å². The topological polar surface area (TPSA) is 56.1 Å². The number of morpholine rings is 1. The van der Waals surface area contributed by atoms with Gasteiger partial charge in [0, 0.05) is 17.6 Å². The van der Waals surface area contributed by atoms with Gasteiger partial charge in [-0.1, -0.05) is 46.3 Å². The van der Waals surface area contributed by atoms with Crippen LogP contribution < -0.4 is 0 Å². The first-order chi connectivity index (χ1) is 12.3. The van der Waals surface area contributed by atoms with E-state index in [1.165, 1.54) is 5.56 Å². The summed E-state index contributed by atoms with van der Waals surface area (Å²) in [6.45, 7) is 3.09. The van der Waals surface area contributed by atoms with E-state index in [0.29, 0.717) is 13.2 Å². The number of ether oxygens (including phenoxy) is 1. The van der Waals surface area contributed by atoms with Crippen LogP contribution in [0, 0.1) is 0 Å². The lowest BCUT2D eigenvalue weighted by atomic mass is 10.1. The summed E-state index contributed by atoms with van der Waals surface area (Å²) >= 11 is 3.48. The van der Waals surface area contributed by atoms with E-state index in [0.717, 1.165) is 29.1 Å². The van der Waals surface area contributed by atoms with E-state index in [2.05, 4.69) is 48.5 Å². The lowest BCUT2D eigenvalue weighted by Gasteiger charge is -2.32. The quantitative estimate of drug-likeness (QED) is 0.674. The zero-order valence-electron chi connectivity index (χ0n) is 13.6. The second-order valence-corrected chi connectivity index (χ2v) is 6.90. The van der Waals surface area contributed by atoms with Crippen LogP contribution in [0.1, 0.15) is 17.5 Å². The predicted molar refractivity (Wildman–Crippen MR) is 97.3 cm³/mol. The average Bonchev–Trinajstić information content (AvgIpc) is 3.11. The van der Waals surface area contributed by atoms with Gasteiger partial charge in [-0.05, 0) is 40.3 Å². The molecule has 25 heavy (non-hydrogen) atoms. The Morgan fingerprint density at radius 3 is 2.68 bits per heavy atom. The number of tetrazole rings is 1. The van der Waals surface area contributed by atoms with Crippen molar-refractivity contribution in [2.45, 2.75) is 12.6 Å². The van der Waals surface area contributed by atoms with Crippen LogP contribution in [0.5, 0.6) is 0 Å². The molecule has 0 N–H and O–H groups in total. The molecule has 1 aliphatic rings. The largest absolute Gasteiger partial charge is 0.371 e. The Labute approximate surface area is 154 Å². The molecule has 0 saturated carbocycles. The van der Waals surface area contributed by atoms with Crippen molar-refractivity contribution in [2.24, 2.45) is 0 Å². The SMILES string of the molecule is Brc1ccc(C2CN(Cc3nnnn3-c3ccccc3)CCO2)cc1. The molecule has 1 unspecified atom stereocenters. The second kappa shape index (κ2) is 7.43. The van der Waals surface area contributed by atoms with Gasteiger partial charge in [0.2, 0.25) is 0 Å². The molecule has 2 heterocycles. The molecule has 0 amide bonds. The van der Waals surface area contributed by atoms with Crippen LogP contribution in [-0.2, 0) is 11.3 Å². The fourth-order valence-corrected chi connectivity index (χ4v) is 3.26. The number of aromatic nitrogens is 4. The van der Waals surface area contributed by atoms with E-state index in [1.54, 1.807) is 4.68 Å². The molecule has 1 atom stereocenters. The molecule has 1 fully saturated rings. The van der Waals surface area contributed by atoms with Crippen LogP contribution in [0.3, 0.4) is 0 Å². The number of hydrogen-bond donors (Lipinski definition) is 0. The molecule has 6 nitrogen and oxygen atoms in total. The number of halogens is 1. The molecule has 3 aromatic rings. The maximum atomic E-state index is 5.95. The summed E-state index contributed by atoms with van der Waals surface area (Å²) in [5.74, 6) is 0.836. The van der Waals surface area contributed by atoms with Gasteiger partial charge in [0.25, 0.3) is 0 Å².